The first-order chi connectivity index (χ1) is 11.6. The van der Waals surface area contributed by atoms with Crippen LogP contribution in [0.3, 0.4) is 0 Å². The largest absolute Gasteiger partial charge is 0.464 e. The van der Waals surface area contributed by atoms with Gasteiger partial charge in [-0.15, -0.1) is 0 Å². The number of esters is 1. The van der Waals surface area contributed by atoms with Gasteiger partial charge in [-0.3, -0.25) is 9.58 Å². The second-order valence-electron chi connectivity index (χ2n) is 7.80. The number of halogens is 1. The van der Waals surface area contributed by atoms with Gasteiger partial charge >= 0.3 is 12.1 Å². The predicted octanol–water partition coefficient (Wildman–Crippen LogP) is 2.82. The molecule has 1 saturated carbocycles. The van der Waals surface area contributed by atoms with E-state index in [0.717, 1.165) is 9.99 Å². The minimum atomic E-state index is -0.603. The Bertz CT molecular complexity index is 684. The van der Waals surface area contributed by atoms with Crippen molar-refractivity contribution in [2.45, 2.75) is 64.8 Å². The monoisotopic (exact) mass is 461 g/mol. The normalized spacial score (nSPS) is 27.8. The number of carbonyl (C=O) groups excluding carboxylic acids is 2. The van der Waals surface area contributed by atoms with Crippen molar-refractivity contribution < 1.29 is 19.1 Å². The third-order valence-electron chi connectivity index (χ3n) is 4.66. The van der Waals surface area contributed by atoms with Gasteiger partial charge in [0.15, 0.2) is 0 Å². The van der Waals surface area contributed by atoms with Crippen LogP contribution in [0.1, 0.15) is 40.5 Å². The van der Waals surface area contributed by atoms with E-state index >= 15 is 0 Å². The maximum absolute atomic E-state index is 12.7. The molecule has 0 radical (unpaired) electrons. The predicted molar refractivity (Wildman–Crippen MR) is 98.9 cm³/mol. The van der Waals surface area contributed by atoms with Crippen molar-refractivity contribution in [3.63, 3.8) is 0 Å². The summed E-state index contributed by atoms with van der Waals surface area (Å²) >= 11 is 2.22. The van der Waals surface area contributed by atoms with Gasteiger partial charge in [-0.25, -0.2) is 9.59 Å². The summed E-state index contributed by atoms with van der Waals surface area (Å²) in [6.07, 6.45) is 4.79. The summed E-state index contributed by atoms with van der Waals surface area (Å²) in [4.78, 5) is 26.7. The van der Waals surface area contributed by atoms with Gasteiger partial charge < -0.3 is 9.47 Å². The van der Waals surface area contributed by atoms with Crippen LogP contribution in [-0.2, 0) is 20.8 Å². The van der Waals surface area contributed by atoms with E-state index in [1.54, 1.807) is 18.0 Å². The Kier molecular flexibility index (Phi) is 4.76. The zero-order valence-corrected chi connectivity index (χ0v) is 17.1. The lowest BCUT2D eigenvalue weighted by Crippen LogP contribution is -2.46. The Labute approximate surface area is 161 Å². The number of ether oxygens (including phenoxy) is 2. The van der Waals surface area contributed by atoms with Crippen molar-refractivity contribution >= 4 is 34.7 Å². The van der Waals surface area contributed by atoms with Crippen LogP contribution in [0.15, 0.2) is 12.4 Å². The number of nitrogens with zero attached hydrogens (tertiary/aromatic N) is 3. The average Bonchev–Trinajstić information content (AvgIpc) is 2.84. The Morgan fingerprint density at radius 3 is 2.68 bits per heavy atom. The van der Waals surface area contributed by atoms with Crippen LogP contribution in [0.5, 0.6) is 0 Å². The van der Waals surface area contributed by atoms with Crippen LogP contribution in [0.25, 0.3) is 0 Å². The number of amides is 1. The summed E-state index contributed by atoms with van der Waals surface area (Å²) in [7, 11) is 0. The van der Waals surface area contributed by atoms with E-state index in [1.165, 1.54) is 0 Å². The molecule has 2 heterocycles. The second-order valence-corrected chi connectivity index (χ2v) is 9.04. The lowest BCUT2D eigenvalue weighted by atomic mass is 9.99. The van der Waals surface area contributed by atoms with Gasteiger partial charge in [0, 0.05) is 24.2 Å². The second kappa shape index (κ2) is 6.44. The zero-order valence-electron chi connectivity index (χ0n) is 15.0. The third-order valence-corrected chi connectivity index (χ3v) is 5.22. The van der Waals surface area contributed by atoms with Crippen LogP contribution in [0.2, 0.25) is 0 Å². The number of fused-ring (bicyclic) bond motifs is 1. The van der Waals surface area contributed by atoms with Crippen LogP contribution in [0.4, 0.5) is 4.79 Å². The Balaban J connectivity index is 1.80. The smallest absolute Gasteiger partial charge is 0.411 e. The Morgan fingerprint density at radius 1 is 1.40 bits per heavy atom. The van der Waals surface area contributed by atoms with Gasteiger partial charge in [-0.1, -0.05) is 0 Å². The van der Waals surface area contributed by atoms with Gasteiger partial charge in [0.05, 0.1) is 16.4 Å². The molecule has 0 N–H and O–H groups in total. The number of piperidine rings is 1. The number of hydrogen-bond acceptors (Lipinski definition) is 5. The summed E-state index contributed by atoms with van der Waals surface area (Å²) in [6, 6.07) is -0.582. The van der Waals surface area contributed by atoms with E-state index in [-0.39, 0.29) is 17.4 Å². The van der Waals surface area contributed by atoms with Gasteiger partial charge in [-0.2, -0.15) is 5.10 Å². The Morgan fingerprint density at radius 2 is 2.12 bits per heavy atom. The minimum Gasteiger partial charge on any atom is -0.464 e. The fraction of sp³-hybridized carbons (Fsp3) is 0.706. The molecule has 0 bridgehead atoms. The zero-order chi connectivity index (χ0) is 18.4. The lowest BCUT2D eigenvalue weighted by Gasteiger charge is -2.29. The topological polar surface area (TPSA) is 73.7 Å². The first-order valence-electron chi connectivity index (χ1n) is 8.51. The maximum Gasteiger partial charge on any atom is 0.411 e. The van der Waals surface area contributed by atoms with Gasteiger partial charge in [-0.05, 0) is 63.1 Å². The molecular weight excluding hydrogens is 437 g/mol. The highest BCUT2D eigenvalue weighted by Gasteiger charge is 2.68. The molecule has 2 fully saturated rings. The lowest BCUT2D eigenvalue weighted by molar-refractivity contribution is -0.149. The van der Waals surface area contributed by atoms with E-state index in [2.05, 4.69) is 27.7 Å². The summed E-state index contributed by atoms with van der Waals surface area (Å²) in [5.74, 6) is -0.352. The summed E-state index contributed by atoms with van der Waals surface area (Å²) < 4.78 is 13.7. The molecule has 7 nitrogen and oxygen atoms in total. The molecule has 1 aliphatic heterocycles. The van der Waals surface area contributed by atoms with Crippen molar-refractivity contribution in [3.8, 4) is 0 Å². The van der Waals surface area contributed by atoms with E-state index in [1.807, 2.05) is 31.6 Å². The molecule has 138 valence electrons. The molecule has 2 aliphatic rings. The van der Waals surface area contributed by atoms with Crippen LogP contribution in [-0.4, -0.2) is 51.0 Å². The molecule has 0 aromatic carbocycles. The van der Waals surface area contributed by atoms with Crippen molar-refractivity contribution in [2.75, 3.05) is 6.61 Å². The van der Waals surface area contributed by atoms with Crippen LogP contribution < -0.4 is 0 Å². The minimum absolute atomic E-state index is 0.00128. The fourth-order valence-electron chi connectivity index (χ4n) is 3.63. The quantitative estimate of drug-likeness (QED) is 0.510. The molecule has 1 aromatic heterocycles. The first kappa shape index (κ1) is 18.5. The first-order valence-corrected chi connectivity index (χ1v) is 9.59. The third kappa shape index (κ3) is 3.78. The molecule has 1 aliphatic carbocycles. The van der Waals surface area contributed by atoms with Gasteiger partial charge in [0.25, 0.3) is 0 Å². The number of aromatic nitrogens is 2. The number of likely N-dealkylation sites (tertiary alicyclic amines) is 1. The molecule has 8 heteroatoms. The molecule has 1 aromatic rings. The molecule has 0 spiro atoms. The van der Waals surface area contributed by atoms with E-state index in [4.69, 9.17) is 9.47 Å². The summed E-state index contributed by atoms with van der Waals surface area (Å²) in [5, 5.41) is 4.34. The number of carbonyl (C=O) groups is 2. The molecule has 3 atom stereocenters. The Hall–Kier alpha value is -1.32. The molecular formula is C17H24IN3O4. The highest BCUT2D eigenvalue weighted by molar-refractivity contribution is 14.1. The summed E-state index contributed by atoms with van der Waals surface area (Å²) in [6.45, 7) is 8.24. The van der Waals surface area contributed by atoms with Crippen LogP contribution >= 0.6 is 22.6 Å². The highest BCUT2D eigenvalue weighted by atomic mass is 127. The van der Waals surface area contributed by atoms with E-state index in [9.17, 15) is 9.59 Å². The molecule has 3 rings (SSSR count). The van der Waals surface area contributed by atoms with E-state index < -0.39 is 17.7 Å². The van der Waals surface area contributed by atoms with Gasteiger partial charge in [0.2, 0.25) is 0 Å². The number of hydrogen-bond donors (Lipinski definition) is 0. The standard InChI is InChI=1S/C17H24IN3O4/c1-5-24-14(22)12-6-17(10-20-9-11(18)8-19-20)7-13(17)21(12)15(23)25-16(2,3)4/h8-9,12-13H,5-7,10H2,1-4H3/t12-,13+,17-/m0/s1. The molecule has 1 amide bonds. The van der Waals surface area contributed by atoms with Crippen molar-refractivity contribution in [1.82, 2.24) is 14.7 Å². The highest BCUT2D eigenvalue weighted by Crippen LogP contribution is 2.60. The maximum atomic E-state index is 12.7. The van der Waals surface area contributed by atoms with Crippen molar-refractivity contribution in [3.05, 3.63) is 16.0 Å². The average molecular weight is 461 g/mol. The SMILES string of the molecule is CCOC(=O)[C@@H]1C[C@@]2(Cn3cc(I)cn3)C[C@H]2N1C(=O)OC(C)(C)C. The number of rotatable bonds is 4. The van der Waals surface area contributed by atoms with Crippen molar-refractivity contribution in [1.29, 1.82) is 0 Å². The molecule has 0 unspecified atom stereocenters. The van der Waals surface area contributed by atoms with Crippen LogP contribution in [0, 0.1) is 8.99 Å². The summed E-state index contributed by atoms with van der Waals surface area (Å²) in [5.41, 5.74) is -0.724. The van der Waals surface area contributed by atoms with E-state index in [0.29, 0.717) is 19.6 Å². The molecule has 1 saturated heterocycles. The fourth-order valence-corrected chi connectivity index (χ4v) is 4.07. The molecule has 25 heavy (non-hydrogen) atoms. The van der Waals surface area contributed by atoms with Gasteiger partial charge in [0.1, 0.15) is 11.6 Å². The van der Waals surface area contributed by atoms with Crippen molar-refractivity contribution in [2.24, 2.45) is 5.41 Å².